The van der Waals surface area contributed by atoms with Crippen LogP contribution >= 0.6 is 0 Å². The molecule has 3 rings (SSSR count). The maximum atomic E-state index is 14.1. The zero-order valence-electron chi connectivity index (χ0n) is 15.6. The molecule has 0 radical (unpaired) electrons. The minimum atomic E-state index is -3.91. The van der Waals surface area contributed by atoms with Crippen LogP contribution in [0.3, 0.4) is 0 Å². The number of aryl methyl sites for hydroxylation is 1. The van der Waals surface area contributed by atoms with Crippen molar-refractivity contribution in [3.8, 4) is 11.1 Å². The van der Waals surface area contributed by atoms with E-state index >= 15 is 0 Å². The van der Waals surface area contributed by atoms with E-state index < -0.39 is 27.7 Å². The lowest BCUT2D eigenvalue weighted by Crippen LogP contribution is -2.16. The molecule has 3 aromatic carbocycles. The van der Waals surface area contributed by atoms with Crippen LogP contribution in [0.5, 0.6) is 0 Å². The predicted octanol–water partition coefficient (Wildman–Crippen LogP) is 3.73. The number of sulfonamides is 1. The van der Waals surface area contributed by atoms with Crippen molar-refractivity contribution in [2.75, 3.05) is 11.3 Å². The van der Waals surface area contributed by atoms with Crippen LogP contribution in [0, 0.1) is 18.6 Å². The van der Waals surface area contributed by atoms with Gasteiger partial charge in [-0.1, -0.05) is 18.2 Å². The van der Waals surface area contributed by atoms with E-state index in [0.717, 1.165) is 12.1 Å². The van der Waals surface area contributed by atoms with E-state index in [1.54, 1.807) is 31.2 Å². The molecule has 0 bridgehead atoms. The second-order valence-electron chi connectivity index (χ2n) is 6.62. The standard InChI is InChI=1S/C21H20F2N2O3S/c1-13-9-17(6-8-18(13)19-7-5-15(22)11-20(19)23)29(27,28)25-16-4-2-3-14(10-16)21(24)12-26/h2-11,21,25-26H,12,24H2,1H3. The van der Waals surface area contributed by atoms with E-state index in [0.29, 0.717) is 22.4 Å². The molecule has 0 fully saturated rings. The van der Waals surface area contributed by atoms with Gasteiger partial charge in [0.25, 0.3) is 10.0 Å². The normalized spacial score (nSPS) is 12.6. The fourth-order valence-corrected chi connectivity index (χ4v) is 4.10. The van der Waals surface area contributed by atoms with Gasteiger partial charge in [-0.15, -0.1) is 0 Å². The fraction of sp³-hybridized carbons (Fsp3) is 0.143. The minimum Gasteiger partial charge on any atom is -0.394 e. The summed E-state index contributed by atoms with van der Waals surface area (Å²) in [5.74, 6) is -1.41. The molecule has 1 unspecified atom stereocenters. The lowest BCUT2D eigenvalue weighted by Gasteiger charge is -2.14. The lowest BCUT2D eigenvalue weighted by molar-refractivity contribution is 0.268. The van der Waals surface area contributed by atoms with Gasteiger partial charge >= 0.3 is 0 Å². The van der Waals surface area contributed by atoms with Crippen molar-refractivity contribution >= 4 is 15.7 Å². The molecule has 0 saturated carbocycles. The van der Waals surface area contributed by atoms with Gasteiger partial charge in [-0.2, -0.15) is 0 Å². The van der Waals surface area contributed by atoms with Gasteiger partial charge in [-0.05, 0) is 60.0 Å². The number of anilines is 1. The zero-order valence-corrected chi connectivity index (χ0v) is 16.4. The van der Waals surface area contributed by atoms with Crippen molar-refractivity contribution in [2.24, 2.45) is 5.73 Å². The number of hydrogen-bond acceptors (Lipinski definition) is 4. The number of aliphatic hydroxyl groups excluding tert-OH is 1. The Kier molecular flexibility index (Phi) is 5.97. The maximum absolute atomic E-state index is 14.1. The number of rotatable bonds is 6. The number of hydrogen-bond donors (Lipinski definition) is 3. The Morgan fingerprint density at radius 1 is 1.03 bits per heavy atom. The van der Waals surface area contributed by atoms with E-state index in [-0.39, 0.29) is 17.1 Å². The molecule has 8 heteroatoms. The summed E-state index contributed by atoms with van der Waals surface area (Å²) < 4.78 is 55.2. The van der Waals surface area contributed by atoms with Crippen molar-refractivity contribution < 1.29 is 22.3 Å². The quantitative estimate of drug-likeness (QED) is 0.569. The van der Waals surface area contributed by atoms with Crippen LogP contribution in [-0.2, 0) is 10.0 Å². The van der Waals surface area contributed by atoms with E-state index in [4.69, 9.17) is 10.8 Å². The zero-order chi connectivity index (χ0) is 21.2. The lowest BCUT2D eigenvalue weighted by atomic mass is 10.0. The van der Waals surface area contributed by atoms with Crippen molar-refractivity contribution in [3.63, 3.8) is 0 Å². The van der Waals surface area contributed by atoms with E-state index in [2.05, 4.69) is 4.72 Å². The first-order chi connectivity index (χ1) is 13.7. The summed E-state index contributed by atoms with van der Waals surface area (Å²) in [5.41, 5.74) is 7.84. The Labute approximate surface area is 167 Å². The highest BCUT2D eigenvalue weighted by molar-refractivity contribution is 7.92. The molecule has 0 spiro atoms. The van der Waals surface area contributed by atoms with Crippen LogP contribution < -0.4 is 10.5 Å². The molecule has 0 saturated heterocycles. The predicted molar refractivity (Wildman–Crippen MR) is 108 cm³/mol. The summed E-state index contributed by atoms with van der Waals surface area (Å²) in [6, 6.07) is 13.3. The third kappa shape index (κ3) is 4.61. The molecule has 0 aromatic heterocycles. The van der Waals surface area contributed by atoms with E-state index in [1.807, 2.05) is 0 Å². The SMILES string of the molecule is Cc1cc(S(=O)(=O)Nc2cccc(C(N)CO)c2)ccc1-c1ccc(F)cc1F. The molecule has 0 amide bonds. The summed E-state index contributed by atoms with van der Waals surface area (Å²) >= 11 is 0. The molecule has 29 heavy (non-hydrogen) atoms. The number of halogens is 2. The van der Waals surface area contributed by atoms with Crippen molar-refractivity contribution in [2.45, 2.75) is 17.9 Å². The fourth-order valence-electron chi connectivity index (χ4n) is 2.97. The number of nitrogens with two attached hydrogens (primary N) is 1. The summed E-state index contributed by atoms with van der Waals surface area (Å²) in [6.07, 6.45) is 0. The Bertz CT molecular complexity index is 1150. The van der Waals surface area contributed by atoms with Crippen LogP contribution in [0.1, 0.15) is 17.2 Å². The van der Waals surface area contributed by atoms with Gasteiger partial charge in [0.2, 0.25) is 0 Å². The highest BCUT2D eigenvalue weighted by Crippen LogP contribution is 2.29. The highest BCUT2D eigenvalue weighted by atomic mass is 32.2. The van der Waals surface area contributed by atoms with E-state index in [9.17, 15) is 17.2 Å². The second kappa shape index (κ2) is 8.28. The Balaban J connectivity index is 1.91. The number of nitrogens with one attached hydrogen (secondary N) is 1. The molecule has 3 aromatic rings. The minimum absolute atomic E-state index is 0.00173. The van der Waals surface area contributed by atoms with E-state index in [1.165, 1.54) is 24.3 Å². The Hall–Kier alpha value is -2.81. The van der Waals surface area contributed by atoms with Crippen LogP contribution in [0.15, 0.2) is 65.6 Å². The first kappa shape index (κ1) is 20.9. The van der Waals surface area contributed by atoms with Crippen molar-refractivity contribution in [1.29, 1.82) is 0 Å². The molecule has 1 atom stereocenters. The van der Waals surface area contributed by atoms with Gasteiger partial charge in [0.15, 0.2) is 0 Å². The molecular formula is C21H20F2N2O3S. The first-order valence-electron chi connectivity index (χ1n) is 8.76. The molecule has 0 aliphatic rings. The highest BCUT2D eigenvalue weighted by Gasteiger charge is 2.18. The monoisotopic (exact) mass is 418 g/mol. The van der Waals surface area contributed by atoms with Crippen LogP contribution in [0.25, 0.3) is 11.1 Å². The summed E-state index contributed by atoms with van der Waals surface area (Å²) in [6.45, 7) is 1.38. The maximum Gasteiger partial charge on any atom is 0.261 e. The van der Waals surface area contributed by atoms with Gasteiger partial charge < -0.3 is 10.8 Å². The Morgan fingerprint density at radius 2 is 1.76 bits per heavy atom. The number of aliphatic hydroxyl groups is 1. The first-order valence-corrected chi connectivity index (χ1v) is 10.2. The van der Waals surface area contributed by atoms with Crippen LogP contribution in [-0.4, -0.2) is 20.1 Å². The van der Waals surface area contributed by atoms with Crippen LogP contribution in [0.4, 0.5) is 14.5 Å². The third-order valence-electron chi connectivity index (χ3n) is 4.49. The second-order valence-corrected chi connectivity index (χ2v) is 8.30. The van der Waals surface area contributed by atoms with Gasteiger partial charge in [0.1, 0.15) is 11.6 Å². The molecule has 4 N–H and O–H groups in total. The molecule has 152 valence electrons. The summed E-state index contributed by atoms with van der Waals surface area (Å²) in [4.78, 5) is -0.00173. The van der Waals surface area contributed by atoms with Gasteiger partial charge in [0, 0.05) is 17.3 Å². The summed E-state index contributed by atoms with van der Waals surface area (Å²) in [7, 11) is -3.91. The average Bonchev–Trinajstić information content (AvgIpc) is 2.67. The summed E-state index contributed by atoms with van der Waals surface area (Å²) in [5, 5.41) is 9.16. The molecular weight excluding hydrogens is 398 g/mol. The topological polar surface area (TPSA) is 92.4 Å². The van der Waals surface area contributed by atoms with Crippen molar-refractivity contribution in [1.82, 2.24) is 0 Å². The molecule has 0 aliphatic heterocycles. The average molecular weight is 418 g/mol. The van der Waals surface area contributed by atoms with Gasteiger partial charge in [0.05, 0.1) is 17.5 Å². The van der Waals surface area contributed by atoms with Gasteiger partial charge in [-0.25, -0.2) is 17.2 Å². The van der Waals surface area contributed by atoms with Crippen molar-refractivity contribution in [3.05, 3.63) is 83.4 Å². The number of benzene rings is 3. The third-order valence-corrected chi connectivity index (χ3v) is 5.87. The largest absolute Gasteiger partial charge is 0.394 e. The molecule has 0 aliphatic carbocycles. The molecule has 5 nitrogen and oxygen atoms in total. The smallest absolute Gasteiger partial charge is 0.261 e. The molecule has 0 heterocycles. The van der Waals surface area contributed by atoms with Gasteiger partial charge in [-0.3, -0.25) is 4.72 Å². The Morgan fingerprint density at radius 3 is 2.41 bits per heavy atom. The van der Waals surface area contributed by atoms with Crippen LogP contribution in [0.2, 0.25) is 0 Å².